The van der Waals surface area contributed by atoms with Crippen molar-refractivity contribution in [2.75, 3.05) is 0 Å². The third-order valence-electron chi connectivity index (χ3n) is 3.98. The van der Waals surface area contributed by atoms with Crippen molar-refractivity contribution in [1.29, 1.82) is 0 Å². The minimum Gasteiger partial charge on any atom is -0.508 e. The number of ether oxygens (including phenoxy) is 1. The Morgan fingerprint density at radius 2 is 1.52 bits per heavy atom. The van der Waals surface area contributed by atoms with Crippen LogP contribution in [-0.4, -0.2) is 15.3 Å². The van der Waals surface area contributed by atoms with Crippen LogP contribution in [0.3, 0.4) is 0 Å². The summed E-state index contributed by atoms with van der Waals surface area (Å²) in [5.41, 5.74) is -0.205. The molecule has 2 aromatic rings. The standard InChI is InChI=1S/C17H16O4/c1-3-10(2)17(20)13-6-4-11(18)8-15(13)21-16-9-12(19)5-7-14(16)17/h3-10,18-20H,1H2,2H3. The van der Waals surface area contributed by atoms with Crippen LogP contribution in [0.15, 0.2) is 49.1 Å². The lowest BCUT2D eigenvalue weighted by atomic mass is 9.75. The highest BCUT2D eigenvalue weighted by molar-refractivity contribution is 5.59. The van der Waals surface area contributed by atoms with Crippen molar-refractivity contribution in [3.8, 4) is 23.0 Å². The van der Waals surface area contributed by atoms with Gasteiger partial charge >= 0.3 is 0 Å². The Kier molecular flexibility index (Phi) is 2.92. The molecule has 4 nitrogen and oxygen atoms in total. The van der Waals surface area contributed by atoms with Gasteiger partial charge in [0.25, 0.3) is 0 Å². The summed E-state index contributed by atoms with van der Waals surface area (Å²) >= 11 is 0. The number of phenols is 2. The van der Waals surface area contributed by atoms with Gasteiger partial charge in [0.15, 0.2) is 0 Å². The Morgan fingerprint density at radius 3 is 1.95 bits per heavy atom. The van der Waals surface area contributed by atoms with Gasteiger partial charge in [0.05, 0.1) is 0 Å². The van der Waals surface area contributed by atoms with Gasteiger partial charge in [-0.2, -0.15) is 0 Å². The normalized spacial score (nSPS) is 16.3. The molecular formula is C17H16O4. The molecule has 0 aliphatic carbocycles. The molecule has 0 spiro atoms. The number of rotatable bonds is 2. The quantitative estimate of drug-likeness (QED) is 0.740. The molecule has 0 fully saturated rings. The molecule has 0 saturated heterocycles. The molecule has 3 rings (SSSR count). The van der Waals surface area contributed by atoms with E-state index in [-0.39, 0.29) is 17.4 Å². The molecule has 0 radical (unpaired) electrons. The van der Waals surface area contributed by atoms with E-state index < -0.39 is 5.60 Å². The minimum atomic E-state index is -1.33. The van der Waals surface area contributed by atoms with Crippen molar-refractivity contribution < 1.29 is 20.1 Å². The van der Waals surface area contributed by atoms with Gasteiger partial charge in [-0.15, -0.1) is 6.58 Å². The van der Waals surface area contributed by atoms with Crippen molar-refractivity contribution in [1.82, 2.24) is 0 Å². The van der Waals surface area contributed by atoms with E-state index in [1.165, 1.54) is 24.3 Å². The maximum absolute atomic E-state index is 11.3. The first kappa shape index (κ1) is 13.5. The van der Waals surface area contributed by atoms with Crippen LogP contribution < -0.4 is 4.74 Å². The second-order valence-electron chi connectivity index (χ2n) is 5.25. The Hall–Kier alpha value is -2.46. The van der Waals surface area contributed by atoms with E-state index in [2.05, 4.69) is 6.58 Å². The summed E-state index contributed by atoms with van der Waals surface area (Å²) in [6.07, 6.45) is 1.67. The highest BCUT2D eigenvalue weighted by Crippen LogP contribution is 2.51. The van der Waals surface area contributed by atoms with Crippen LogP contribution in [-0.2, 0) is 5.60 Å². The van der Waals surface area contributed by atoms with E-state index in [4.69, 9.17) is 4.74 Å². The zero-order chi connectivity index (χ0) is 15.2. The van der Waals surface area contributed by atoms with E-state index >= 15 is 0 Å². The average molecular weight is 284 g/mol. The molecule has 2 aromatic carbocycles. The lowest BCUT2D eigenvalue weighted by Crippen LogP contribution is -2.36. The fourth-order valence-corrected chi connectivity index (χ4v) is 2.75. The zero-order valence-electron chi connectivity index (χ0n) is 11.6. The van der Waals surface area contributed by atoms with Crippen LogP contribution in [0.1, 0.15) is 18.1 Å². The van der Waals surface area contributed by atoms with Gasteiger partial charge in [-0.25, -0.2) is 0 Å². The van der Waals surface area contributed by atoms with E-state index in [1.807, 2.05) is 6.92 Å². The maximum atomic E-state index is 11.3. The first-order chi connectivity index (χ1) is 9.96. The van der Waals surface area contributed by atoms with Gasteiger partial charge in [-0.1, -0.05) is 13.0 Å². The van der Waals surface area contributed by atoms with Crippen LogP contribution in [0, 0.1) is 5.92 Å². The second-order valence-corrected chi connectivity index (χ2v) is 5.25. The molecule has 0 aromatic heterocycles. The van der Waals surface area contributed by atoms with E-state index in [0.29, 0.717) is 22.6 Å². The van der Waals surface area contributed by atoms with Gasteiger partial charge < -0.3 is 20.1 Å². The zero-order valence-corrected chi connectivity index (χ0v) is 11.6. The average Bonchev–Trinajstić information content (AvgIpc) is 2.45. The molecule has 1 aliphatic heterocycles. The summed E-state index contributed by atoms with van der Waals surface area (Å²) in [5, 5.41) is 30.6. The smallest absolute Gasteiger partial charge is 0.137 e. The molecule has 1 atom stereocenters. The summed E-state index contributed by atoms with van der Waals surface area (Å²) in [5.74, 6) is 0.540. The number of hydrogen-bond donors (Lipinski definition) is 3. The number of aliphatic hydroxyl groups is 1. The third-order valence-corrected chi connectivity index (χ3v) is 3.98. The highest BCUT2D eigenvalue weighted by Gasteiger charge is 2.44. The van der Waals surface area contributed by atoms with Gasteiger partial charge in [0, 0.05) is 29.2 Å². The number of fused-ring (bicyclic) bond motifs is 2. The van der Waals surface area contributed by atoms with Gasteiger partial charge in [0.2, 0.25) is 0 Å². The van der Waals surface area contributed by atoms with E-state index in [0.717, 1.165) is 0 Å². The topological polar surface area (TPSA) is 69.9 Å². The van der Waals surface area contributed by atoms with Crippen molar-refractivity contribution >= 4 is 0 Å². The van der Waals surface area contributed by atoms with Crippen LogP contribution in [0.4, 0.5) is 0 Å². The predicted octanol–water partition coefficient (Wildman–Crippen LogP) is 3.26. The fraction of sp³-hybridized carbons (Fsp3) is 0.176. The van der Waals surface area contributed by atoms with Crippen molar-refractivity contribution in [3.63, 3.8) is 0 Å². The minimum absolute atomic E-state index is 0.0472. The number of benzene rings is 2. The van der Waals surface area contributed by atoms with Crippen LogP contribution in [0.2, 0.25) is 0 Å². The Bertz CT molecular complexity index is 669. The molecule has 4 heteroatoms. The molecule has 1 unspecified atom stereocenters. The fourth-order valence-electron chi connectivity index (χ4n) is 2.75. The van der Waals surface area contributed by atoms with Crippen LogP contribution >= 0.6 is 0 Å². The van der Waals surface area contributed by atoms with Crippen molar-refractivity contribution in [3.05, 3.63) is 60.2 Å². The molecule has 0 amide bonds. The Labute approximate surface area is 122 Å². The van der Waals surface area contributed by atoms with Crippen LogP contribution in [0.5, 0.6) is 23.0 Å². The van der Waals surface area contributed by atoms with Crippen molar-refractivity contribution in [2.45, 2.75) is 12.5 Å². The summed E-state index contributed by atoms with van der Waals surface area (Å²) in [7, 11) is 0. The SMILES string of the molecule is C=CC(C)C1(O)c2ccc(O)cc2Oc2cc(O)ccc21. The molecule has 21 heavy (non-hydrogen) atoms. The van der Waals surface area contributed by atoms with Crippen LogP contribution in [0.25, 0.3) is 0 Å². The van der Waals surface area contributed by atoms with Crippen molar-refractivity contribution in [2.24, 2.45) is 5.92 Å². The Balaban J connectivity index is 2.31. The summed E-state index contributed by atoms with van der Waals surface area (Å²) < 4.78 is 5.71. The largest absolute Gasteiger partial charge is 0.508 e. The molecular weight excluding hydrogens is 268 g/mol. The maximum Gasteiger partial charge on any atom is 0.137 e. The lowest BCUT2D eigenvalue weighted by molar-refractivity contribution is 0.0337. The first-order valence-electron chi connectivity index (χ1n) is 6.66. The summed E-state index contributed by atoms with van der Waals surface area (Å²) in [4.78, 5) is 0. The molecule has 3 N–H and O–H groups in total. The summed E-state index contributed by atoms with van der Waals surface area (Å²) in [6.45, 7) is 5.62. The number of phenolic OH excluding ortho intramolecular Hbond substituents is 2. The molecule has 108 valence electrons. The van der Waals surface area contributed by atoms with Gasteiger partial charge in [-0.05, 0) is 24.3 Å². The van der Waals surface area contributed by atoms with Gasteiger partial charge in [-0.3, -0.25) is 0 Å². The lowest BCUT2D eigenvalue weighted by Gasteiger charge is -2.39. The third kappa shape index (κ3) is 1.87. The molecule has 1 heterocycles. The summed E-state index contributed by atoms with van der Waals surface area (Å²) in [6, 6.07) is 9.19. The first-order valence-corrected chi connectivity index (χ1v) is 6.66. The van der Waals surface area contributed by atoms with E-state index in [1.54, 1.807) is 18.2 Å². The molecule has 1 aliphatic rings. The van der Waals surface area contributed by atoms with E-state index in [9.17, 15) is 15.3 Å². The number of hydrogen-bond acceptors (Lipinski definition) is 4. The number of aromatic hydroxyl groups is 2. The Morgan fingerprint density at radius 1 is 1.05 bits per heavy atom. The second kappa shape index (κ2) is 4.53. The molecule has 0 bridgehead atoms. The highest BCUT2D eigenvalue weighted by atomic mass is 16.5. The predicted molar refractivity (Wildman–Crippen MR) is 78.6 cm³/mol. The molecule has 0 saturated carbocycles. The van der Waals surface area contributed by atoms with Gasteiger partial charge in [0.1, 0.15) is 28.6 Å². The monoisotopic (exact) mass is 284 g/mol.